The molecule has 0 fully saturated rings. The Morgan fingerprint density at radius 3 is 2.00 bits per heavy atom. The van der Waals surface area contributed by atoms with Gasteiger partial charge in [0.15, 0.2) is 0 Å². The number of benzene rings is 1. The van der Waals surface area contributed by atoms with E-state index in [4.69, 9.17) is 0 Å². The molecule has 0 N–H and O–H groups in total. The van der Waals surface area contributed by atoms with Crippen molar-refractivity contribution in [1.29, 1.82) is 0 Å². The maximum absolute atomic E-state index is 12.2. The molecule has 2 aromatic rings. The highest BCUT2D eigenvalue weighted by Crippen LogP contribution is 2.08. The molecule has 0 aliphatic heterocycles. The van der Waals surface area contributed by atoms with Gasteiger partial charge in [0, 0.05) is 23.8 Å². The summed E-state index contributed by atoms with van der Waals surface area (Å²) in [5.41, 5.74) is 1.55. The van der Waals surface area contributed by atoms with Crippen LogP contribution >= 0.6 is 0 Å². The molecular weight excluding hydrogens is 269 g/mol. The lowest BCUT2D eigenvalue weighted by atomic mass is 10.2. The minimum absolute atomic E-state index is 0.178. The third-order valence-electron chi connectivity index (χ3n) is 2.31. The van der Waals surface area contributed by atoms with Crippen LogP contribution in [0.5, 0.6) is 0 Å². The van der Waals surface area contributed by atoms with Gasteiger partial charge in [-0.1, -0.05) is 17.7 Å². The van der Waals surface area contributed by atoms with E-state index >= 15 is 0 Å². The summed E-state index contributed by atoms with van der Waals surface area (Å²) in [4.78, 5) is 0.406. The monoisotopic (exact) mass is 283 g/mol. The quantitative estimate of drug-likeness (QED) is 0.751. The van der Waals surface area contributed by atoms with Gasteiger partial charge in [0.05, 0.1) is 9.38 Å². The lowest BCUT2D eigenvalue weighted by molar-refractivity contribution is -0.848. The summed E-state index contributed by atoms with van der Waals surface area (Å²) in [5.74, 6) is 0. The van der Waals surface area contributed by atoms with Gasteiger partial charge in [-0.25, -0.2) is 8.42 Å². The molecule has 0 amide bonds. The van der Waals surface area contributed by atoms with Crippen molar-refractivity contribution in [1.82, 2.24) is 0 Å². The molecule has 6 heteroatoms. The van der Waals surface area contributed by atoms with Crippen LogP contribution in [0.15, 0.2) is 53.6 Å². The van der Waals surface area contributed by atoms with E-state index in [9.17, 15) is 17.5 Å². The zero-order chi connectivity index (χ0) is 14.5. The smallest absolute Gasteiger partial charge is 0.227 e. The van der Waals surface area contributed by atoms with Gasteiger partial charge in [-0.2, -0.15) is 0 Å². The van der Waals surface area contributed by atoms with Crippen molar-refractivity contribution in [3.05, 3.63) is 59.9 Å². The predicted molar refractivity (Wildman–Crippen MR) is 67.0 cm³/mol. The molecule has 0 atom stereocenters. The predicted octanol–water partition coefficient (Wildman–Crippen LogP) is 1.91. The van der Waals surface area contributed by atoms with Crippen LogP contribution in [0.1, 0.15) is 11.3 Å². The van der Waals surface area contributed by atoms with Crippen LogP contribution in [0.25, 0.3) is 0 Å². The summed E-state index contributed by atoms with van der Waals surface area (Å²) in [6.45, 7) is 3.53. The highest BCUT2D eigenvalue weighted by molar-refractivity contribution is 7.85. The Morgan fingerprint density at radius 2 is 1.63 bits per heavy atom. The third-order valence-corrected chi connectivity index (χ3v) is 3.16. The molecule has 1 aromatic heterocycles. The van der Waals surface area contributed by atoms with Crippen LogP contribution in [-0.4, -0.2) is 13.0 Å². The maximum Gasteiger partial charge on any atom is 0.227 e. The molecule has 19 heavy (non-hydrogen) atoms. The number of hydrogen-bond donors (Lipinski definition) is 0. The van der Waals surface area contributed by atoms with Crippen molar-refractivity contribution in [3.63, 3.8) is 0 Å². The number of pyridine rings is 1. The number of nitrogens with zero attached hydrogens (tertiary/aromatic N) is 1. The van der Waals surface area contributed by atoms with Crippen molar-refractivity contribution < 1.29 is 22.2 Å². The van der Waals surface area contributed by atoms with Crippen LogP contribution in [0.3, 0.4) is 0 Å². The Labute approximate surface area is 111 Å². The molecule has 0 aliphatic rings. The van der Waals surface area contributed by atoms with E-state index in [1.54, 1.807) is 37.3 Å². The van der Waals surface area contributed by atoms with Gasteiger partial charge in [0.1, 0.15) is 10.1 Å². The fourth-order valence-corrected chi connectivity index (χ4v) is 1.68. The van der Waals surface area contributed by atoms with Crippen LogP contribution in [0.2, 0.25) is 0 Å². The number of halogens is 1. The first-order valence-electron chi connectivity index (χ1n) is 5.47. The highest BCUT2D eigenvalue weighted by Gasteiger charge is 1.99. The highest BCUT2D eigenvalue weighted by atomic mass is 32.2. The lowest BCUT2D eigenvalue weighted by Gasteiger charge is -2.05. The van der Waals surface area contributed by atoms with Crippen molar-refractivity contribution in [3.8, 4) is 0 Å². The van der Waals surface area contributed by atoms with Gasteiger partial charge in [-0.3, -0.25) is 0 Å². The molecule has 0 saturated carbocycles. The van der Waals surface area contributed by atoms with Gasteiger partial charge in [-0.05, 0) is 25.1 Å². The number of aromatic nitrogens is 1. The maximum atomic E-state index is 12.2. The van der Waals surface area contributed by atoms with Crippen LogP contribution in [0, 0.1) is 13.8 Å². The van der Waals surface area contributed by atoms with Gasteiger partial charge in [0.25, 0.3) is 0 Å². The molecule has 0 aliphatic carbocycles. The Kier molecular flexibility index (Phi) is 5.14. The normalized spacial score (nSPS) is 10.5. The van der Waals surface area contributed by atoms with Crippen molar-refractivity contribution in [2.75, 3.05) is 0 Å². The molecule has 0 spiro atoms. The summed E-state index contributed by atoms with van der Waals surface area (Å²) in [6.07, 6.45) is 1.37. The van der Waals surface area contributed by atoms with E-state index in [1.807, 2.05) is 6.92 Å². The number of hydrogen-bond acceptors (Lipinski definition) is 3. The van der Waals surface area contributed by atoms with E-state index in [-0.39, 0.29) is 4.90 Å². The fourth-order valence-electron chi connectivity index (χ4n) is 1.21. The summed E-state index contributed by atoms with van der Waals surface area (Å²) < 4.78 is 43.4. The second-order valence-corrected chi connectivity index (χ2v) is 5.30. The standard InChI is InChI=1S/C7H8O3S.C6H7FN/c1-6-2-4-7(5-3-6)11(8,9)10;1-6-4-2-3-5-8(6)7/h2-5H,1H3,(H,8,9,10);2-5H,1H3/q;+1/p-1. The summed E-state index contributed by atoms with van der Waals surface area (Å²) in [7, 11) is -4.27. The van der Waals surface area contributed by atoms with Gasteiger partial charge in [0.2, 0.25) is 11.9 Å². The van der Waals surface area contributed by atoms with Gasteiger partial charge >= 0.3 is 0 Å². The molecule has 0 radical (unpaired) electrons. The average Bonchev–Trinajstić information content (AvgIpc) is 2.33. The third kappa shape index (κ3) is 5.15. The number of aryl methyl sites for hydroxylation is 2. The van der Waals surface area contributed by atoms with E-state index in [0.29, 0.717) is 10.5 Å². The zero-order valence-corrected chi connectivity index (χ0v) is 11.4. The molecule has 1 heterocycles. The lowest BCUT2D eigenvalue weighted by Crippen LogP contribution is -2.24. The Balaban J connectivity index is 0.000000200. The molecular formula is C13H14FNO3S. The minimum Gasteiger partial charge on any atom is -0.744 e. The van der Waals surface area contributed by atoms with Crippen LogP contribution < -0.4 is 4.79 Å². The fraction of sp³-hybridized carbons (Fsp3) is 0.154. The largest absolute Gasteiger partial charge is 0.744 e. The second-order valence-electron chi connectivity index (χ2n) is 3.92. The van der Waals surface area contributed by atoms with Crippen molar-refractivity contribution in [2.24, 2.45) is 0 Å². The van der Waals surface area contributed by atoms with E-state index < -0.39 is 10.1 Å². The molecule has 1 aromatic carbocycles. The van der Waals surface area contributed by atoms with Crippen molar-refractivity contribution in [2.45, 2.75) is 18.7 Å². The summed E-state index contributed by atoms with van der Waals surface area (Å²) >= 11 is 0. The van der Waals surface area contributed by atoms with E-state index in [2.05, 4.69) is 0 Å². The van der Waals surface area contributed by atoms with E-state index in [0.717, 1.165) is 5.56 Å². The van der Waals surface area contributed by atoms with Gasteiger partial charge < -0.3 is 4.55 Å². The SMILES string of the molecule is Cc1ccc(S(=O)(=O)[O-])cc1.Cc1cccc[n+]1F. The first kappa shape index (κ1) is 15.3. The zero-order valence-electron chi connectivity index (χ0n) is 10.6. The average molecular weight is 283 g/mol. The van der Waals surface area contributed by atoms with Crippen LogP contribution in [0.4, 0.5) is 4.48 Å². The molecule has 2 rings (SSSR count). The molecule has 4 nitrogen and oxygen atoms in total. The van der Waals surface area contributed by atoms with Crippen LogP contribution in [-0.2, 0) is 10.1 Å². The number of rotatable bonds is 1. The first-order chi connectivity index (χ1) is 8.80. The second kappa shape index (κ2) is 6.40. The molecule has 102 valence electrons. The summed E-state index contributed by atoms with van der Waals surface area (Å²) in [5, 5.41) is 0. The minimum atomic E-state index is -4.27. The Bertz CT molecular complexity index is 618. The van der Waals surface area contributed by atoms with E-state index in [1.165, 1.54) is 18.3 Å². The first-order valence-corrected chi connectivity index (χ1v) is 6.87. The Hall–Kier alpha value is -1.79. The molecule has 0 bridgehead atoms. The van der Waals surface area contributed by atoms with Gasteiger partial charge in [-0.15, -0.1) is 0 Å². The molecule has 0 unspecified atom stereocenters. The summed E-state index contributed by atoms with van der Waals surface area (Å²) in [6, 6.07) is 10.9. The topological polar surface area (TPSA) is 61.1 Å². The Morgan fingerprint density at radius 1 is 1.05 bits per heavy atom. The van der Waals surface area contributed by atoms with Crippen molar-refractivity contribution >= 4 is 10.1 Å². The molecule has 0 saturated heterocycles.